The third-order valence-corrected chi connectivity index (χ3v) is 5.51. The molecule has 0 saturated heterocycles. The van der Waals surface area contributed by atoms with Gasteiger partial charge in [-0.15, -0.1) is 11.3 Å². The van der Waals surface area contributed by atoms with Gasteiger partial charge in [-0.2, -0.15) is 0 Å². The summed E-state index contributed by atoms with van der Waals surface area (Å²) in [6.07, 6.45) is 3.72. The Morgan fingerprint density at radius 2 is 2.15 bits per heavy atom. The summed E-state index contributed by atoms with van der Waals surface area (Å²) in [5.74, 6) is 0.486. The molecule has 1 aliphatic carbocycles. The quantitative estimate of drug-likeness (QED) is 0.733. The number of thiophene rings is 1. The zero-order valence-corrected chi connectivity index (χ0v) is 14.3. The van der Waals surface area contributed by atoms with Crippen molar-refractivity contribution in [3.05, 3.63) is 55.6 Å². The molecule has 1 heterocycles. The van der Waals surface area contributed by atoms with Crippen LogP contribution in [0, 0.1) is 0 Å². The molecule has 0 amide bonds. The first-order chi connectivity index (χ1) is 9.70. The van der Waals surface area contributed by atoms with Crippen LogP contribution in [0.3, 0.4) is 0 Å². The van der Waals surface area contributed by atoms with Gasteiger partial charge in [0.05, 0.1) is 3.79 Å². The molecule has 2 aromatic rings. The SMILES string of the molecule is Clc1cccc(C(CNC2CC2)Cc2ccc(Br)s2)c1. The molecule has 0 spiro atoms. The van der Waals surface area contributed by atoms with E-state index in [1.54, 1.807) is 0 Å². The molecule has 4 heteroatoms. The van der Waals surface area contributed by atoms with Crippen LogP contribution in [0.1, 0.15) is 29.2 Å². The fourth-order valence-electron chi connectivity index (χ4n) is 2.37. The number of halogens is 2. The van der Waals surface area contributed by atoms with Gasteiger partial charge in [-0.1, -0.05) is 23.7 Å². The number of benzene rings is 1. The number of hydrogen-bond donors (Lipinski definition) is 1. The second kappa shape index (κ2) is 6.61. The average Bonchev–Trinajstić information content (AvgIpc) is 3.17. The Labute approximate surface area is 137 Å². The van der Waals surface area contributed by atoms with E-state index in [4.69, 9.17) is 11.6 Å². The van der Waals surface area contributed by atoms with Crippen LogP contribution in [0.5, 0.6) is 0 Å². The van der Waals surface area contributed by atoms with Gasteiger partial charge in [-0.25, -0.2) is 0 Å². The summed E-state index contributed by atoms with van der Waals surface area (Å²) >= 11 is 11.5. The van der Waals surface area contributed by atoms with Crippen molar-refractivity contribution in [1.29, 1.82) is 0 Å². The third kappa shape index (κ3) is 4.08. The van der Waals surface area contributed by atoms with Gasteiger partial charge in [-0.3, -0.25) is 0 Å². The summed E-state index contributed by atoms with van der Waals surface area (Å²) in [6.45, 7) is 1.03. The zero-order chi connectivity index (χ0) is 13.9. The van der Waals surface area contributed by atoms with Crippen LogP contribution >= 0.6 is 38.9 Å². The van der Waals surface area contributed by atoms with Gasteiger partial charge in [0.15, 0.2) is 0 Å². The first-order valence-electron chi connectivity index (χ1n) is 6.94. The highest BCUT2D eigenvalue weighted by Crippen LogP contribution is 2.29. The standard InChI is InChI=1S/C16H17BrClNS/c17-16-7-6-15(20-16)9-12(10-19-14-4-5-14)11-2-1-3-13(18)8-11/h1-3,6-8,12,14,19H,4-5,9-10H2. The lowest BCUT2D eigenvalue weighted by Gasteiger charge is -2.18. The third-order valence-electron chi connectivity index (χ3n) is 3.63. The van der Waals surface area contributed by atoms with E-state index in [-0.39, 0.29) is 0 Å². The molecule has 1 atom stereocenters. The second-order valence-electron chi connectivity index (χ2n) is 5.34. The van der Waals surface area contributed by atoms with E-state index < -0.39 is 0 Å². The molecule has 0 bridgehead atoms. The van der Waals surface area contributed by atoms with Crippen molar-refractivity contribution in [3.63, 3.8) is 0 Å². The van der Waals surface area contributed by atoms with Crippen molar-refractivity contribution in [2.75, 3.05) is 6.54 Å². The van der Waals surface area contributed by atoms with Crippen molar-refractivity contribution in [2.24, 2.45) is 0 Å². The topological polar surface area (TPSA) is 12.0 Å². The fraction of sp³-hybridized carbons (Fsp3) is 0.375. The Kier molecular flexibility index (Phi) is 4.82. The summed E-state index contributed by atoms with van der Waals surface area (Å²) in [6, 6.07) is 13.4. The molecule has 1 fully saturated rings. The van der Waals surface area contributed by atoms with Crippen LogP contribution in [0.15, 0.2) is 40.2 Å². The van der Waals surface area contributed by atoms with Gasteiger partial charge in [0.2, 0.25) is 0 Å². The van der Waals surface area contributed by atoms with Crippen LogP contribution in [0.25, 0.3) is 0 Å². The molecule has 1 N–H and O–H groups in total. The molecule has 3 rings (SSSR count). The minimum Gasteiger partial charge on any atom is -0.313 e. The van der Waals surface area contributed by atoms with Gasteiger partial charge in [0, 0.05) is 28.4 Å². The van der Waals surface area contributed by atoms with E-state index in [0.717, 1.165) is 24.0 Å². The largest absolute Gasteiger partial charge is 0.313 e. The molecule has 1 unspecified atom stereocenters. The normalized spacial score (nSPS) is 16.3. The van der Waals surface area contributed by atoms with Gasteiger partial charge in [0.1, 0.15) is 0 Å². The highest BCUT2D eigenvalue weighted by atomic mass is 79.9. The number of hydrogen-bond acceptors (Lipinski definition) is 2. The highest BCUT2D eigenvalue weighted by Gasteiger charge is 2.23. The maximum Gasteiger partial charge on any atom is 0.0701 e. The lowest BCUT2D eigenvalue weighted by molar-refractivity contribution is 0.580. The maximum absolute atomic E-state index is 6.15. The Morgan fingerprint density at radius 3 is 2.80 bits per heavy atom. The predicted molar refractivity (Wildman–Crippen MR) is 90.9 cm³/mol. The van der Waals surface area contributed by atoms with Crippen LogP contribution < -0.4 is 5.32 Å². The maximum atomic E-state index is 6.15. The summed E-state index contributed by atoms with van der Waals surface area (Å²) in [5.41, 5.74) is 1.33. The molecule has 1 saturated carbocycles. The second-order valence-corrected chi connectivity index (χ2v) is 8.33. The molecule has 1 aliphatic rings. The molecule has 20 heavy (non-hydrogen) atoms. The summed E-state index contributed by atoms with van der Waals surface area (Å²) in [7, 11) is 0. The van der Waals surface area contributed by atoms with E-state index in [9.17, 15) is 0 Å². The zero-order valence-electron chi connectivity index (χ0n) is 11.1. The molecule has 1 nitrogen and oxygen atoms in total. The van der Waals surface area contributed by atoms with Crippen molar-refractivity contribution < 1.29 is 0 Å². The van der Waals surface area contributed by atoms with E-state index in [2.05, 4.69) is 45.5 Å². The van der Waals surface area contributed by atoms with Crippen LogP contribution in [-0.2, 0) is 6.42 Å². The van der Waals surface area contributed by atoms with Gasteiger partial charge in [0.25, 0.3) is 0 Å². The van der Waals surface area contributed by atoms with E-state index >= 15 is 0 Å². The molecule has 106 valence electrons. The Bertz CT molecular complexity index is 579. The van der Waals surface area contributed by atoms with Gasteiger partial charge in [-0.05, 0) is 65.0 Å². The van der Waals surface area contributed by atoms with Crippen LogP contribution in [-0.4, -0.2) is 12.6 Å². The minimum absolute atomic E-state index is 0.486. The van der Waals surface area contributed by atoms with Gasteiger partial charge < -0.3 is 5.32 Å². The van der Waals surface area contributed by atoms with Gasteiger partial charge >= 0.3 is 0 Å². The average molecular weight is 371 g/mol. The fourth-order valence-corrected chi connectivity index (χ4v) is 4.13. The molecule has 0 aliphatic heterocycles. The van der Waals surface area contributed by atoms with Crippen molar-refractivity contribution in [3.8, 4) is 0 Å². The Morgan fingerprint density at radius 1 is 1.30 bits per heavy atom. The van der Waals surface area contributed by atoms with E-state index in [0.29, 0.717) is 5.92 Å². The number of nitrogens with one attached hydrogen (secondary N) is 1. The number of rotatable bonds is 6. The van der Waals surface area contributed by atoms with Crippen LogP contribution in [0.4, 0.5) is 0 Å². The Balaban J connectivity index is 1.74. The lowest BCUT2D eigenvalue weighted by atomic mass is 9.95. The smallest absolute Gasteiger partial charge is 0.0701 e. The summed E-state index contributed by atoms with van der Waals surface area (Å²) in [4.78, 5) is 1.42. The molecule has 1 aromatic heterocycles. The molecular weight excluding hydrogens is 354 g/mol. The lowest BCUT2D eigenvalue weighted by Crippen LogP contribution is -2.24. The van der Waals surface area contributed by atoms with E-state index in [1.807, 2.05) is 23.5 Å². The van der Waals surface area contributed by atoms with E-state index in [1.165, 1.54) is 27.1 Å². The van der Waals surface area contributed by atoms with Crippen LogP contribution in [0.2, 0.25) is 5.02 Å². The Hall–Kier alpha value is -0.350. The monoisotopic (exact) mass is 369 g/mol. The highest BCUT2D eigenvalue weighted by molar-refractivity contribution is 9.11. The van der Waals surface area contributed by atoms with Crippen molar-refractivity contribution in [1.82, 2.24) is 5.32 Å². The summed E-state index contributed by atoms with van der Waals surface area (Å²) < 4.78 is 1.20. The molecular formula is C16H17BrClNS. The summed E-state index contributed by atoms with van der Waals surface area (Å²) in [5, 5.41) is 4.48. The van der Waals surface area contributed by atoms with Crippen molar-refractivity contribution >= 4 is 38.9 Å². The molecule has 0 radical (unpaired) electrons. The van der Waals surface area contributed by atoms with Crippen molar-refractivity contribution in [2.45, 2.75) is 31.2 Å². The molecule has 1 aromatic carbocycles. The minimum atomic E-state index is 0.486. The first kappa shape index (κ1) is 14.6. The first-order valence-corrected chi connectivity index (χ1v) is 8.92. The predicted octanol–water partition coefficient (Wildman–Crippen LogP) is 5.24.